The number of esters is 1. The van der Waals surface area contributed by atoms with Crippen molar-refractivity contribution < 1.29 is 22.7 Å². The van der Waals surface area contributed by atoms with Gasteiger partial charge >= 0.3 is 5.97 Å². The van der Waals surface area contributed by atoms with Crippen molar-refractivity contribution in [2.75, 3.05) is 0 Å². The lowest BCUT2D eigenvalue weighted by molar-refractivity contribution is -0.131. The van der Waals surface area contributed by atoms with E-state index in [2.05, 4.69) is 11.9 Å². The first-order chi connectivity index (χ1) is 13.6. The van der Waals surface area contributed by atoms with Gasteiger partial charge in [0.2, 0.25) is 9.84 Å². The van der Waals surface area contributed by atoms with E-state index in [1.165, 1.54) is 30.5 Å². The van der Waals surface area contributed by atoms with Crippen LogP contribution in [0.4, 0.5) is 0 Å². The molecule has 0 atom stereocenters. The number of ether oxygens (including phenoxy) is 1. The second-order valence-corrected chi connectivity index (χ2v) is 8.82. The second kappa shape index (κ2) is 9.44. The Labute approximate surface area is 173 Å². The van der Waals surface area contributed by atoms with Gasteiger partial charge in [-0.2, -0.15) is 0 Å². The third-order valence-corrected chi connectivity index (χ3v) is 6.18. The molecule has 2 aromatic carbocycles. The van der Waals surface area contributed by atoms with E-state index < -0.39 is 21.7 Å². The van der Waals surface area contributed by atoms with Gasteiger partial charge in [0.05, 0.1) is 9.92 Å². The lowest BCUT2D eigenvalue weighted by atomic mass is 10.1. The van der Waals surface area contributed by atoms with Gasteiger partial charge in [-0.3, -0.25) is 9.59 Å². The Morgan fingerprint density at radius 2 is 1.83 bits per heavy atom. The number of carbonyl (C=O) groups excluding carboxylic acids is 2. The molecule has 0 saturated heterocycles. The van der Waals surface area contributed by atoms with Crippen LogP contribution in [0.1, 0.15) is 22.8 Å². The molecule has 0 saturated carbocycles. The number of sulfone groups is 1. The Morgan fingerprint density at radius 1 is 1.17 bits per heavy atom. The lowest BCUT2D eigenvalue weighted by Gasteiger charge is -2.10. The molecule has 0 spiro atoms. The third-order valence-electron chi connectivity index (χ3n) is 3.64. The molecule has 1 amide bonds. The molecule has 2 aromatic rings. The Bertz CT molecular complexity index is 1080. The minimum atomic E-state index is -3.82. The van der Waals surface area contributed by atoms with Crippen molar-refractivity contribution >= 4 is 33.5 Å². The first kappa shape index (κ1) is 22.3. The van der Waals surface area contributed by atoms with E-state index in [4.69, 9.17) is 10.5 Å². The number of hydrogen-bond acceptors (Lipinski definition) is 7. The third kappa shape index (κ3) is 5.97. The van der Waals surface area contributed by atoms with Crippen LogP contribution in [-0.4, -0.2) is 20.3 Å². The minimum absolute atomic E-state index is 0.0710. The predicted molar refractivity (Wildman–Crippen MR) is 113 cm³/mol. The van der Waals surface area contributed by atoms with E-state index in [9.17, 15) is 18.0 Å². The van der Waals surface area contributed by atoms with Crippen molar-refractivity contribution in [1.82, 2.24) is 5.32 Å². The molecule has 0 fully saturated rings. The maximum absolute atomic E-state index is 12.4. The van der Waals surface area contributed by atoms with Crippen molar-refractivity contribution in [2.45, 2.75) is 18.7 Å². The van der Waals surface area contributed by atoms with Gasteiger partial charge in [-0.1, -0.05) is 42.6 Å². The van der Waals surface area contributed by atoms with Crippen LogP contribution in [0.25, 0.3) is 0 Å². The van der Waals surface area contributed by atoms with Gasteiger partial charge in [0.1, 0.15) is 10.8 Å². The average molecular weight is 433 g/mol. The summed E-state index contributed by atoms with van der Waals surface area (Å²) in [5.41, 5.74) is 6.66. The summed E-state index contributed by atoms with van der Waals surface area (Å²) in [7, 11) is -3.82. The fourth-order valence-corrected chi connectivity index (χ4v) is 4.01. The van der Waals surface area contributed by atoms with E-state index in [-0.39, 0.29) is 26.3 Å². The summed E-state index contributed by atoms with van der Waals surface area (Å²) in [6.45, 7) is 6.70. The molecule has 0 radical (unpaired) electrons. The van der Waals surface area contributed by atoms with Crippen molar-refractivity contribution in [3.63, 3.8) is 0 Å². The highest BCUT2D eigenvalue weighted by Crippen LogP contribution is 2.22. The number of nitrogens with two attached hydrogens (primary N) is 1. The number of nitrogens with one attached hydrogen (secondary N) is 1. The number of hydrogen-bond donors (Lipinski definition) is 2. The van der Waals surface area contributed by atoms with Gasteiger partial charge in [-0.05, 0) is 36.8 Å². The molecular formula is C20H20N2O5S2. The topological polar surface area (TPSA) is 116 Å². The van der Waals surface area contributed by atoms with Crippen LogP contribution in [-0.2, 0) is 14.6 Å². The highest BCUT2D eigenvalue weighted by molar-refractivity contribution is 8.06. The molecule has 0 aromatic heterocycles. The standard InChI is InChI=1S/C20H20N2O5S2/c1-13-9-10-16(11-18(13)27-15(3)23)20(24)22-14(2)28-12-19(21)29(25,26)17-7-5-4-6-8-17/h4-12H,2,21H2,1,3H3,(H,22,24)/b19-12+. The van der Waals surface area contributed by atoms with Crippen LogP contribution in [0, 0.1) is 6.92 Å². The number of aryl methyl sites for hydroxylation is 1. The predicted octanol–water partition coefficient (Wildman–Crippen LogP) is 3.09. The van der Waals surface area contributed by atoms with E-state index in [1.807, 2.05) is 0 Å². The van der Waals surface area contributed by atoms with E-state index in [0.29, 0.717) is 5.56 Å². The summed E-state index contributed by atoms with van der Waals surface area (Å²) in [6, 6.07) is 12.4. The Hall–Kier alpha value is -3.04. The van der Waals surface area contributed by atoms with Crippen molar-refractivity contribution in [1.29, 1.82) is 0 Å². The van der Waals surface area contributed by atoms with Gasteiger partial charge < -0.3 is 15.8 Å². The fourth-order valence-electron chi connectivity index (χ4n) is 2.16. The second-order valence-electron chi connectivity index (χ2n) is 5.91. The highest BCUT2D eigenvalue weighted by atomic mass is 32.2. The number of benzene rings is 2. The highest BCUT2D eigenvalue weighted by Gasteiger charge is 2.18. The number of thioether (sulfide) groups is 1. The summed E-state index contributed by atoms with van der Waals surface area (Å²) in [5, 5.41) is 3.55. The maximum Gasteiger partial charge on any atom is 0.308 e. The summed E-state index contributed by atoms with van der Waals surface area (Å²) in [4.78, 5) is 23.6. The fraction of sp³-hybridized carbons (Fsp3) is 0.100. The van der Waals surface area contributed by atoms with Crippen molar-refractivity contribution in [2.24, 2.45) is 5.73 Å². The largest absolute Gasteiger partial charge is 0.426 e. The molecule has 0 unspecified atom stereocenters. The van der Waals surface area contributed by atoms with Crippen LogP contribution < -0.4 is 15.8 Å². The quantitative estimate of drug-likeness (QED) is 0.510. The monoisotopic (exact) mass is 432 g/mol. The van der Waals surface area contributed by atoms with Gasteiger partial charge in [0.25, 0.3) is 5.91 Å². The van der Waals surface area contributed by atoms with Gasteiger partial charge in [0, 0.05) is 17.9 Å². The van der Waals surface area contributed by atoms with Crippen molar-refractivity contribution in [3.05, 3.63) is 81.7 Å². The van der Waals surface area contributed by atoms with Crippen LogP contribution in [0.5, 0.6) is 5.75 Å². The molecule has 0 bridgehead atoms. The van der Waals surface area contributed by atoms with E-state index in [0.717, 1.165) is 11.8 Å². The zero-order valence-corrected chi connectivity index (χ0v) is 17.5. The molecule has 0 aliphatic carbocycles. The Kier molecular flexibility index (Phi) is 7.24. The van der Waals surface area contributed by atoms with Gasteiger partial charge in [0.15, 0.2) is 0 Å². The molecule has 7 nitrogen and oxygen atoms in total. The molecular weight excluding hydrogens is 412 g/mol. The van der Waals surface area contributed by atoms with Gasteiger partial charge in [-0.15, -0.1) is 0 Å². The molecule has 29 heavy (non-hydrogen) atoms. The van der Waals surface area contributed by atoms with E-state index in [1.54, 1.807) is 37.3 Å². The Morgan fingerprint density at radius 3 is 2.45 bits per heavy atom. The van der Waals surface area contributed by atoms with Crippen molar-refractivity contribution in [3.8, 4) is 5.75 Å². The summed E-state index contributed by atoms with van der Waals surface area (Å²) < 4.78 is 29.8. The average Bonchev–Trinajstić information content (AvgIpc) is 2.68. The number of amides is 1. The normalized spacial score (nSPS) is 11.6. The van der Waals surface area contributed by atoms with Crippen LogP contribution >= 0.6 is 11.8 Å². The minimum Gasteiger partial charge on any atom is -0.426 e. The molecule has 9 heteroatoms. The number of rotatable bonds is 7. The van der Waals surface area contributed by atoms with Crippen LogP contribution in [0.2, 0.25) is 0 Å². The SMILES string of the molecule is C=C(NC(=O)c1ccc(C)c(OC(C)=O)c1)S/C=C(\N)S(=O)(=O)c1ccccc1. The Balaban J connectivity index is 2.06. The molecule has 0 heterocycles. The molecule has 2 rings (SSSR count). The molecule has 0 aliphatic heterocycles. The summed E-state index contributed by atoms with van der Waals surface area (Å²) >= 11 is 0.869. The zero-order valence-electron chi connectivity index (χ0n) is 15.8. The lowest BCUT2D eigenvalue weighted by Crippen LogP contribution is -2.21. The van der Waals surface area contributed by atoms with Crippen LogP contribution in [0.15, 0.2) is 75.5 Å². The van der Waals surface area contributed by atoms with Crippen LogP contribution in [0.3, 0.4) is 0 Å². The number of carbonyl (C=O) groups is 2. The molecule has 0 aliphatic rings. The summed E-state index contributed by atoms with van der Waals surface area (Å²) in [5.74, 6) is -0.707. The molecule has 152 valence electrons. The molecule has 3 N–H and O–H groups in total. The van der Waals surface area contributed by atoms with E-state index >= 15 is 0 Å². The maximum atomic E-state index is 12.4. The zero-order chi connectivity index (χ0) is 21.6. The summed E-state index contributed by atoms with van der Waals surface area (Å²) in [6.07, 6.45) is 0. The van der Waals surface area contributed by atoms with Gasteiger partial charge in [-0.25, -0.2) is 8.42 Å². The first-order valence-electron chi connectivity index (χ1n) is 8.33. The first-order valence-corrected chi connectivity index (χ1v) is 10.7. The smallest absolute Gasteiger partial charge is 0.308 e.